The normalized spacial score (nSPS) is 10.5. The molecule has 0 unspecified atom stereocenters. The minimum atomic E-state index is -0.183. The molecule has 0 aliphatic carbocycles. The van der Waals surface area contributed by atoms with E-state index in [0.717, 1.165) is 0 Å². The van der Waals surface area contributed by atoms with Crippen LogP contribution in [0, 0.1) is 0 Å². The summed E-state index contributed by atoms with van der Waals surface area (Å²) < 4.78 is 0. The Labute approximate surface area is 108 Å². The van der Waals surface area contributed by atoms with Gasteiger partial charge in [-0.15, -0.1) is 0 Å². The average molecular weight is 269 g/mol. The first kappa shape index (κ1) is 12.1. The monoisotopic (exact) mass is 268 g/mol. The summed E-state index contributed by atoms with van der Waals surface area (Å²) in [5, 5.41) is 1.04. The van der Waals surface area contributed by atoms with Crippen molar-refractivity contribution in [3.05, 3.63) is 50.5 Å². The summed E-state index contributed by atoms with van der Waals surface area (Å²) in [4.78, 5) is 18.4. The molecule has 0 radical (unpaired) electrons. The summed E-state index contributed by atoms with van der Waals surface area (Å²) in [5.41, 5.74) is 1.09. The summed E-state index contributed by atoms with van der Waals surface area (Å²) in [6.45, 7) is 1.92. The summed E-state index contributed by atoms with van der Waals surface area (Å²) in [6, 6.07) is 6.53. The van der Waals surface area contributed by atoms with Gasteiger partial charge in [0.2, 0.25) is 0 Å². The first-order valence-corrected chi connectivity index (χ1v) is 5.91. The van der Waals surface area contributed by atoms with E-state index in [1.165, 1.54) is 6.07 Å². The number of nitrogens with one attached hydrogen (secondary N) is 1. The highest BCUT2D eigenvalue weighted by atomic mass is 35.5. The van der Waals surface area contributed by atoms with Crippen molar-refractivity contribution in [2.24, 2.45) is 0 Å². The lowest BCUT2D eigenvalue weighted by molar-refractivity contribution is 0.924. The molecule has 1 aromatic carbocycles. The van der Waals surface area contributed by atoms with E-state index in [1.807, 2.05) is 6.92 Å². The molecule has 3 nitrogen and oxygen atoms in total. The Hall–Kier alpha value is -1.32. The van der Waals surface area contributed by atoms with Crippen molar-refractivity contribution in [2.75, 3.05) is 0 Å². The van der Waals surface area contributed by atoms with E-state index in [0.29, 0.717) is 33.5 Å². The standard InChI is InChI=1S/C12H10Cl2N2O/c1-2-11-15-10(6-12(17)16-11)8-4-3-7(13)5-9(8)14/h3-6H,2H2,1H3,(H,15,16,17). The summed E-state index contributed by atoms with van der Waals surface area (Å²) in [5.74, 6) is 0.638. The maximum Gasteiger partial charge on any atom is 0.251 e. The van der Waals surface area contributed by atoms with E-state index in [1.54, 1.807) is 18.2 Å². The van der Waals surface area contributed by atoms with E-state index >= 15 is 0 Å². The number of H-pyrrole nitrogens is 1. The fraction of sp³-hybridized carbons (Fsp3) is 0.167. The highest BCUT2D eigenvalue weighted by molar-refractivity contribution is 6.36. The molecular formula is C12H10Cl2N2O. The second-order valence-corrected chi connectivity index (χ2v) is 4.40. The Balaban J connectivity index is 2.60. The SMILES string of the molecule is CCc1nc(-c2ccc(Cl)cc2Cl)cc(=O)[nH]1. The lowest BCUT2D eigenvalue weighted by atomic mass is 10.1. The number of aryl methyl sites for hydroxylation is 1. The number of hydrogen-bond acceptors (Lipinski definition) is 2. The van der Waals surface area contributed by atoms with Gasteiger partial charge < -0.3 is 4.98 Å². The zero-order chi connectivity index (χ0) is 12.4. The van der Waals surface area contributed by atoms with Gasteiger partial charge in [-0.3, -0.25) is 4.79 Å². The number of nitrogens with zero attached hydrogens (tertiary/aromatic N) is 1. The van der Waals surface area contributed by atoms with E-state index in [-0.39, 0.29) is 5.56 Å². The zero-order valence-electron chi connectivity index (χ0n) is 9.13. The van der Waals surface area contributed by atoms with Gasteiger partial charge in [-0.25, -0.2) is 4.98 Å². The number of rotatable bonds is 2. The molecule has 1 aromatic heterocycles. The lowest BCUT2D eigenvalue weighted by Gasteiger charge is -2.05. The predicted molar refractivity (Wildman–Crippen MR) is 69.7 cm³/mol. The van der Waals surface area contributed by atoms with E-state index in [9.17, 15) is 4.79 Å². The van der Waals surface area contributed by atoms with Crippen LogP contribution >= 0.6 is 23.2 Å². The maximum atomic E-state index is 11.5. The van der Waals surface area contributed by atoms with Gasteiger partial charge in [0.05, 0.1) is 10.7 Å². The number of halogens is 2. The van der Waals surface area contributed by atoms with Crippen LogP contribution in [0.5, 0.6) is 0 Å². The van der Waals surface area contributed by atoms with Gasteiger partial charge in [-0.2, -0.15) is 0 Å². The third kappa shape index (κ3) is 2.68. The predicted octanol–water partition coefficient (Wildman–Crippen LogP) is 3.31. The molecule has 5 heteroatoms. The number of benzene rings is 1. The van der Waals surface area contributed by atoms with Crippen LogP contribution in [0.4, 0.5) is 0 Å². The van der Waals surface area contributed by atoms with Crippen molar-refractivity contribution in [3.63, 3.8) is 0 Å². The van der Waals surface area contributed by atoms with E-state index in [2.05, 4.69) is 9.97 Å². The molecule has 0 aliphatic rings. The van der Waals surface area contributed by atoms with Crippen LogP contribution in [-0.2, 0) is 6.42 Å². The van der Waals surface area contributed by atoms with E-state index < -0.39 is 0 Å². The lowest BCUT2D eigenvalue weighted by Crippen LogP contribution is -2.10. The molecule has 0 spiro atoms. The van der Waals surface area contributed by atoms with Gasteiger partial charge in [0.25, 0.3) is 5.56 Å². The molecule has 2 rings (SSSR count). The number of aromatic amines is 1. The Morgan fingerprint density at radius 3 is 2.71 bits per heavy atom. The molecule has 88 valence electrons. The fourth-order valence-electron chi connectivity index (χ4n) is 1.51. The van der Waals surface area contributed by atoms with Crippen molar-refractivity contribution in [2.45, 2.75) is 13.3 Å². The topological polar surface area (TPSA) is 45.8 Å². The molecule has 0 saturated heterocycles. The molecule has 2 aromatic rings. The van der Waals surface area contributed by atoms with Crippen molar-refractivity contribution < 1.29 is 0 Å². The minimum Gasteiger partial charge on any atom is -0.311 e. The first-order valence-electron chi connectivity index (χ1n) is 5.16. The van der Waals surface area contributed by atoms with Crippen molar-refractivity contribution >= 4 is 23.2 Å². The van der Waals surface area contributed by atoms with Crippen LogP contribution in [0.15, 0.2) is 29.1 Å². The maximum absolute atomic E-state index is 11.5. The number of hydrogen-bond donors (Lipinski definition) is 1. The Morgan fingerprint density at radius 1 is 1.29 bits per heavy atom. The third-order valence-electron chi connectivity index (χ3n) is 2.33. The number of aromatic nitrogens is 2. The Kier molecular flexibility index (Phi) is 3.50. The first-order chi connectivity index (χ1) is 8.10. The van der Waals surface area contributed by atoms with Crippen molar-refractivity contribution in [1.29, 1.82) is 0 Å². The van der Waals surface area contributed by atoms with Gasteiger partial charge in [0.1, 0.15) is 5.82 Å². The molecule has 1 heterocycles. The van der Waals surface area contributed by atoms with Gasteiger partial charge >= 0.3 is 0 Å². The molecule has 0 saturated carbocycles. The van der Waals surface area contributed by atoms with Crippen LogP contribution in [0.25, 0.3) is 11.3 Å². The van der Waals surface area contributed by atoms with Crippen molar-refractivity contribution in [3.8, 4) is 11.3 Å². The Morgan fingerprint density at radius 2 is 2.06 bits per heavy atom. The molecule has 0 aliphatic heterocycles. The van der Waals surface area contributed by atoms with Crippen LogP contribution < -0.4 is 5.56 Å². The van der Waals surface area contributed by atoms with Crippen LogP contribution in [-0.4, -0.2) is 9.97 Å². The highest BCUT2D eigenvalue weighted by Crippen LogP contribution is 2.28. The minimum absolute atomic E-state index is 0.183. The zero-order valence-corrected chi connectivity index (χ0v) is 10.6. The quantitative estimate of drug-likeness (QED) is 0.909. The van der Waals surface area contributed by atoms with Gasteiger partial charge in [-0.05, 0) is 18.2 Å². The summed E-state index contributed by atoms with van der Waals surface area (Å²) in [6.07, 6.45) is 0.661. The molecule has 17 heavy (non-hydrogen) atoms. The molecule has 1 N–H and O–H groups in total. The second kappa shape index (κ2) is 4.90. The molecule has 0 atom stereocenters. The Bertz CT molecular complexity index is 608. The molecule has 0 amide bonds. The van der Waals surface area contributed by atoms with E-state index in [4.69, 9.17) is 23.2 Å². The van der Waals surface area contributed by atoms with Gasteiger partial charge in [-0.1, -0.05) is 30.1 Å². The summed E-state index contributed by atoms with van der Waals surface area (Å²) in [7, 11) is 0. The fourth-order valence-corrected chi connectivity index (χ4v) is 2.02. The van der Waals surface area contributed by atoms with Crippen LogP contribution in [0.2, 0.25) is 10.0 Å². The average Bonchev–Trinajstić information content (AvgIpc) is 2.28. The van der Waals surface area contributed by atoms with Gasteiger partial charge in [0, 0.05) is 23.1 Å². The van der Waals surface area contributed by atoms with Gasteiger partial charge in [0.15, 0.2) is 0 Å². The second-order valence-electron chi connectivity index (χ2n) is 3.56. The molecule has 0 fully saturated rings. The van der Waals surface area contributed by atoms with Crippen molar-refractivity contribution in [1.82, 2.24) is 9.97 Å². The molecule has 0 bridgehead atoms. The largest absolute Gasteiger partial charge is 0.311 e. The third-order valence-corrected chi connectivity index (χ3v) is 2.88. The summed E-state index contributed by atoms with van der Waals surface area (Å²) >= 11 is 11.9. The smallest absolute Gasteiger partial charge is 0.251 e. The molecular weight excluding hydrogens is 259 g/mol. The highest BCUT2D eigenvalue weighted by Gasteiger charge is 2.07. The van der Waals surface area contributed by atoms with Crippen LogP contribution in [0.3, 0.4) is 0 Å². The van der Waals surface area contributed by atoms with Crippen LogP contribution in [0.1, 0.15) is 12.7 Å².